The van der Waals surface area contributed by atoms with Crippen LogP contribution < -0.4 is 0 Å². The van der Waals surface area contributed by atoms with Crippen molar-refractivity contribution in [1.29, 1.82) is 0 Å². The van der Waals surface area contributed by atoms with Crippen molar-refractivity contribution >= 4 is 66.7 Å². The summed E-state index contributed by atoms with van der Waals surface area (Å²) in [7, 11) is 0. The number of hydrogen-bond acceptors (Lipinski definition) is 0. The fraction of sp³-hybridized carbons (Fsp3) is 1.00. The van der Waals surface area contributed by atoms with Crippen molar-refractivity contribution in [1.82, 2.24) is 0 Å². The molecule has 0 saturated heterocycles. The first kappa shape index (κ1) is 16.9. The SMILES string of the molecule is FC(Cl)(Cl)Cl.FC(F)(F)C(F)(Br)Br. The van der Waals surface area contributed by atoms with Crippen LogP contribution in [0.15, 0.2) is 0 Å². The van der Waals surface area contributed by atoms with Crippen LogP contribution in [0.2, 0.25) is 0 Å². The van der Waals surface area contributed by atoms with Crippen LogP contribution >= 0.6 is 66.7 Å². The van der Waals surface area contributed by atoms with E-state index in [0.717, 1.165) is 0 Å². The second kappa shape index (κ2) is 5.53. The van der Waals surface area contributed by atoms with Crippen molar-refractivity contribution in [2.24, 2.45) is 0 Å². The summed E-state index contributed by atoms with van der Waals surface area (Å²) in [6.45, 7) is 0. The Morgan fingerprint density at radius 2 is 0.846 bits per heavy atom. The highest BCUT2D eigenvalue weighted by Gasteiger charge is 2.52. The van der Waals surface area contributed by atoms with Gasteiger partial charge in [0.15, 0.2) is 0 Å². The summed E-state index contributed by atoms with van der Waals surface area (Å²) < 4.78 is 49.8. The molecule has 0 aliphatic heterocycles. The topological polar surface area (TPSA) is 0 Å². The van der Waals surface area contributed by atoms with Crippen molar-refractivity contribution in [3.8, 4) is 0 Å². The summed E-state index contributed by atoms with van der Waals surface area (Å²) in [5, 5.41) is 0. The molecule has 0 saturated carbocycles. The van der Waals surface area contributed by atoms with Crippen molar-refractivity contribution in [2.75, 3.05) is 0 Å². The van der Waals surface area contributed by atoms with Gasteiger partial charge in [0.2, 0.25) is 0 Å². The smallest absolute Gasteiger partial charge is 0.208 e. The second-order valence-electron chi connectivity index (χ2n) is 1.42. The van der Waals surface area contributed by atoms with Gasteiger partial charge in [0.25, 0.3) is 0 Å². The van der Waals surface area contributed by atoms with Crippen molar-refractivity contribution in [3.05, 3.63) is 0 Å². The normalized spacial score (nSPS) is 13.4. The van der Waals surface area contributed by atoms with Crippen LogP contribution in [-0.2, 0) is 0 Å². The molecule has 0 aromatic carbocycles. The molecule has 0 atom stereocenters. The number of alkyl halides is 10. The molecule has 0 amide bonds. The van der Waals surface area contributed by atoms with E-state index in [-0.39, 0.29) is 0 Å². The average molecular weight is 397 g/mol. The van der Waals surface area contributed by atoms with E-state index in [0.29, 0.717) is 0 Å². The fourth-order valence-corrected chi connectivity index (χ4v) is 0. The molecule has 82 valence electrons. The minimum atomic E-state index is -4.90. The zero-order valence-corrected chi connectivity index (χ0v) is 10.7. The van der Waals surface area contributed by atoms with Crippen LogP contribution in [0.3, 0.4) is 0 Å². The van der Waals surface area contributed by atoms with Gasteiger partial charge in [0.05, 0.1) is 0 Å². The van der Waals surface area contributed by atoms with Crippen LogP contribution in [0, 0.1) is 0 Å². The van der Waals surface area contributed by atoms with E-state index < -0.39 is 13.7 Å². The van der Waals surface area contributed by atoms with Crippen LogP contribution in [0.5, 0.6) is 0 Å². The molecule has 0 N–H and O–H groups in total. The molecule has 0 rings (SSSR count). The molecule has 0 bridgehead atoms. The van der Waals surface area contributed by atoms with Crippen molar-refractivity contribution in [3.63, 3.8) is 0 Å². The van der Waals surface area contributed by atoms with E-state index in [9.17, 15) is 22.0 Å². The molecule has 10 heteroatoms. The van der Waals surface area contributed by atoms with Gasteiger partial charge in [-0.25, -0.2) is 4.39 Å². The van der Waals surface area contributed by atoms with Gasteiger partial charge in [-0.2, -0.15) is 17.6 Å². The Balaban J connectivity index is 0. The highest BCUT2D eigenvalue weighted by Crippen LogP contribution is 2.43. The lowest BCUT2D eigenvalue weighted by atomic mass is 10.7. The first-order valence-electron chi connectivity index (χ1n) is 2.14. The van der Waals surface area contributed by atoms with Gasteiger partial charge in [-0.05, 0) is 66.7 Å². The highest BCUT2D eigenvalue weighted by molar-refractivity contribution is 9.25. The quantitative estimate of drug-likeness (QED) is 0.387. The summed E-state index contributed by atoms with van der Waals surface area (Å²) in [5.74, 6) is 0. The summed E-state index contributed by atoms with van der Waals surface area (Å²) in [5.41, 5.74) is 0. The van der Waals surface area contributed by atoms with E-state index in [4.69, 9.17) is 0 Å². The van der Waals surface area contributed by atoms with Gasteiger partial charge < -0.3 is 0 Å². The molecular weight excluding hydrogens is 397 g/mol. The summed E-state index contributed by atoms with van der Waals surface area (Å²) in [4.78, 5) is 0. The second-order valence-corrected chi connectivity index (χ2v) is 6.82. The first-order chi connectivity index (χ1) is 5.25. The maximum absolute atomic E-state index is 11.6. The van der Waals surface area contributed by atoms with Gasteiger partial charge in [-0.3, -0.25) is 0 Å². The standard InChI is InChI=1S/C2Br2F4.CCl3F/c3-1(4,5)2(6,7)8;2-1(3,4)5. The molecule has 0 aliphatic carbocycles. The number of hydrogen-bond donors (Lipinski definition) is 0. The fourth-order valence-electron chi connectivity index (χ4n) is 0. The third-order valence-electron chi connectivity index (χ3n) is 0.321. The molecular formula is C3Br2Cl3F5. The predicted octanol–water partition coefficient (Wildman–Crippen LogP) is 5.25. The largest absolute Gasteiger partial charge is 0.443 e. The Morgan fingerprint density at radius 1 is 0.769 bits per heavy atom. The summed E-state index contributed by atoms with van der Waals surface area (Å²) in [6.07, 6.45) is -4.90. The number of rotatable bonds is 0. The monoisotopic (exact) mass is 394 g/mol. The molecule has 0 fully saturated rings. The van der Waals surface area contributed by atoms with E-state index in [1.807, 2.05) is 0 Å². The van der Waals surface area contributed by atoms with Gasteiger partial charge in [-0.1, -0.05) is 0 Å². The Bertz CT molecular complexity index is 129. The third kappa shape index (κ3) is 16.2. The van der Waals surface area contributed by atoms with Gasteiger partial charge in [-0.15, -0.1) is 0 Å². The lowest BCUT2D eigenvalue weighted by Gasteiger charge is -2.12. The van der Waals surface area contributed by atoms with E-state index in [1.54, 1.807) is 31.9 Å². The zero-order chi connectivity index (χ0) is 11.5. The first-order valence-corrected chi connectivity index (χ1v) is 4.86. The maximum Gasteiger partial charge on any atom is 0.443 e. The minimum absolute atomic E-state index is 1.72. The highest BCUT2D eigenvalue weighted by atomic mass is 79.9. The van der Waals surface area contributed by atoms with E-state index in [1.165, 1.54) is 0 Å². The average Bonchev–Trinajstić information content (AvgIpc) is 1.50. The summed E-state index contributed by atoms with van der Waals surface area (Å²) in [6, 6.07) is 0. The van der Waals surface area contributed by atoms with Crippen molar-refractivity contribution < 1.29 is 22.0 Å². The van der Waals surface area contributed by atoms with Crippen molar-refractivity contribution in [2.45, 2.75) is 13.7 Å². The molecule has 0 spiro atoms. The van der Waals surface area contributed by atoms with Crippen LogP contribution in [-0.4, -0.2) is 13.7 Å². The molecule has 0 nitrogen and oxygen atoms in total. The summed E-state index contributed by atoms with van der Waals surface area (Å²) >= 11 is 16.6. The zero-order valence-electron chi connectivity index (χ0n) is 5.28. The predicted molar refractivity (Wildman–Crippen MR) is 49.1 cm³/mol. The Morgan fingerprint density at radius 3 is 0.846 bits per heavy atom. The lowest BCUT2D eigenvalue weighted by molar-refractivity contribution is -0.160. The van der Waals surface area contributed by atoms with Gasteiger partial charge >= 0.3 is 13.7 Å². The third-order valence-corrected chi connectivity index (χ3v) is 1.22. The van der Waals surface area contributed by atoms with Crippen LogP contribution in [0.1, 0.15) is 0 Å². The van der Waals surface area contributed by atoms with Crippen LogP contribution in [0.25, 0.3) is 0 Å². The molecule has 13 heavy (non-hydrogen) atoms. The molecule has 0 unspecified atom stereocenters. The van der Waals surface area contributed by atoms with Gasteiger partial charge in [0, 0.05) is 0 Å². The molecule has 0 radical (unpaired) electrons. The Hall–Kier alpha value is 1.48. The van der Waals surface area contributed by atoms with E-state index >= 15 is 0 Å². The Kier molecular flexibility index (Phi) is 7.19. The lowest BCUT2D eigenvalue weighted by Crippen LogP contribution is -2.27. The molecule has 0 heterocycles. The Labute approximate surface area is 102 Å². The van der Waals surface area contributed by atoms with E-state index in [2.05, 4.69) is 34.8 Å². The number of halogens is 10. The molecule has 0 aliphatic rings. The minimum Gasteiger partial charge on any atom is -0.208 e. The molecule has 0 aromatic rings. The van der Waals surface area contributed by atoms with Crippen LogP contribution in [0.4, 0.5) is 22.0 Å². The molecule has 0 aromatic heterocycles. The maximum atomic E-state index is 11.6. The van der Waals surface area contributed by atoms with Gasteiger partial charge in [0.1, 0.15) is 0 Å².